The molecule has 1 aromatic carbocycles. The van der Waals surface area contributed by atoms with E-state index in [1.54, 1.807) is 13.4 Å². The molecule has 7 nitrogen and oxygen atoms in total. The molecule has 1 N–H and O–H groups in total. The third-order valence-electron chi connectivity index (χ3n) is 5.46. The molecule has 0 radical (unpaired) electrons. The van der Waals surface area contributed by atoms with Crippen LogP contribution in [0.15, 0.2) is 36.7 Å². The predicted octanol–water partition coefficient (Wildman–Crippen LogP) is 4.32. The van der Waals surface area contributed by atoms with Gasteiger partial charge in [-0.1, -0.05) is 30.3 Å². The van der Waals surface area contributed by atoms with Gasteiger partial charge >= 0.3 is 0 Å². The van der Waals surface area contributed by atoms with Crippen molar-refractivity contribution in [1.29, 1.82) is 0 Å². The summed E-state index contributed by atoms with van der Waals surface area (Å²) in [5, 5.41) is 3.24. The molecule has 5 aliphatic rings. The summed E-state index contributed by atoms with van der Waals surface area (Å²) < 4.78 is 12.9. The summed E-state index contributed by atoms with van der Waals surface area (Å²) in [4.78, 5) is 13.9. The number of imidazole rings is 1. The van der Waals surface area contributed by atoms with Gasteiger partial charge in [-0.3, -0.25) is 0 Å². The van der Waals surface area contributed by atoms with Crippen molar-refractivity contribution in [2.45, 2.75) is 58.0 Å². The molecule has 4 aliphatic heterocycles. The fourth-order valence-electron chi connectivity index (χ4n) is 3.92. The molecule has 30 heavy (non-hydrogen) atoms. The fraction of sp³-hybridized carbons (Fsp3) is 0.500. The van der Waals surface area contributed by atoms with Crippen molar-refractivity contribution in [2.24, 2.45) is 0 Å². The summed E-state index contributed by atoms with van der Waals surface area (Å²) in [6, 6.07) is 10.00. The van der Waals surface area contributed by atoms with Crippen LogP contribution in [0, 0.1) is 0 Å². The second-order valence-electron chi connectivity index (χ2n) is 7.38. The maximum absolute atomic E-state index is 5.65. The molecular weight excluding hydrogens is 402 g/mol. The number of ether oxygens (including phenoxy) is 2. The summed E-state index contributed by atoms with van der Waals surface area (Å²) in [6.07, 6.45) is 6.92. The molecule has 1 aliphatic carbocycles. The summed E-state index contributed by atoms with van der Waals surface area (Å²) in [6.45, 7) is 5.67. The first-order valence-corrected chi connectivity index (χ1v) is 10.4. The molecule has 0 spiro atoms. The summed E-state index contributed by atoms with van der Waals surface area (Å²) in [5.41, 5.74) is 1.82. The number of nitrogens with zero attached hydrogens (tertiary/aromatic N) is 4. The third-order valence-corrected chi connectivity index (χ3v) is 5.46. The second kappa shape index (κ2) is 10.2. The lowest BCUT2D eigenvalue weighted by molar-refractivity contribution is -0.0647. The number of rotatable bonds is 6. The van der Waals surface area contributed by atoms with E-state index in [4.69, 9.17) is 19.4 Å². The smallest absolute Gasteiger partial charge is 0.165 e. The third kappa shape index (κ3) is 4.58. The van der Waals surface area contributed by atoms with E-state index in [0.717, 1.165) is 36.0 Å². The Hall–Kier alpha value is -2.22. The first-order chi connectivity index (χ1) is 14.2. The Bertz CT molecular complexity index is 884. The summed E-state index contributed by atoms with van der Waals surface area (Å²) in [7, 11) is 1.68. The highest BCUT2D eigenvalue weighted by Crippen LogP contribution is 2.36. The maximum Gasteiger partial charge on any atom is 0.165 e. The molecule has 162 valence electrons. The van der Waals surface area contributed by atoms with E-state index in [-0.39, 0.29) is 18.5 Å². The molecule has 4 heterocycles. The number of anilines is 1. The standard InChI is InChI=1S/C17H21N5O.C5H8O.ClH/c1-4-18-15-13-17(22(5-2)11-19-15)21-16(20-13)14(23-3)12-9-7-6-8-10-12;1-2-5-3-4(1)6-5;/h6-11,14,18H,4-5H2,1-3H3;4-5H,1-3H2;1H. The zero-order chi connectivity index (χ0) is 20.2. The van der Waals surface area contributed by atoms with E-state index in [2.05, 4.69) is 17.2 Å². The highest BCUT2D eigenvalue weighted by molar-refractivity contribution is 5.85. The molecule has 1 saturated carbocycles. The van der Waals surface area contributed by atoms with Crippen molar-refractivity contribution in [3.63, 3.8) is 0 Å². The molecule has 3 fully saturated rings. The fourth-order valence-corrected chi connectivity index (χ4v) is 3.92. The van der Waals surface area contributed by atoms with E-state index in [9.17, 15) is 0 Å². The summed E-state index contributed by atoms with van der Waals surface area (Å²) in [5.74, 6) is 2.24. The molecule has 0 amide bonds. The minimum Gasteiger partial charge on any atom is -0.375 e. The Morgan fingerprint density at radius 2 is 1.87 bits per heavy atom. The van der Waals surface area contributed by atoms with Gasteiger partial charge in [0.25, 0.3) is 0 Å². The van der Waals surface area contributed by atoms with Crippen LogP contribution in [0.5, 0.6) is 0 Å². The highest BCUT2D eigenvalue weighted by Gasteiger charge is 2.36. The van der Waals surface area contributed by atoms with Crippen LogP contribution in [0.2, 0.25) is 0 Å². The molecule has 1 aromatic rings. The molecule has 2 saturated heterocycles. The normalized spacial score (nSPS) is 20.0. The van der Waals surface area contributed by atoms with Crippen molar-refractivity contribution in [3.8, 4) is 11.5 Å². The zero-order valence-corrected chi connectivity index (χ0v) is 18.6. The number of hydrogen-bond donors (Lipinski definition) is 1. The van der Waals surface area contributed by atoms with Gasteiger partial charge in [0.2, 0.25) is 0 Å². The van der Waals surface area contributed by atoms with Crippen molar-refractivity contribution >= 4 is 18.2 Å². The average Bonchev–Trinajstić information content (AvgIpc) is 3.47. The lowest BCUT2D eigenvalue weighted by Crippen LogP contribution is -2.25. The molecule has 2 bridgehead atoms. The summed E-state index contributed by atoms with van der Waals surface area (Å²) >= 11 is 0. The monoisotopic (exact) mass is 431 g/mol. The highest BCUT2D eigenvalue weighted by atomic mass is 35.5. The first-order valence-electron chi connectivity index (χ1n) is 10.4. The van der Waals surface area contributed by atoms with Crippen LogP contribution < -0.4 is 5.32 Å². The molecule has 6 rings (SSSR count). The number of aryl methyl sites for hydroxylation is 1. The van der Waals surface area contributed by atoms with E-state index in [1.807, 2.05) is 41.8 Å². The largest absolute Gasteiger partial charge is 0.375 e. The van der Waals surface area contributed by atoms with E-state index in [1.165, 1.54) is 19.3 Å². The number of nitrogens with one attached hydrogen (secondary N) is 1. The van der Waals surface area contributed by atoms with Crippen molar-refractivity contribution in [3.05, 3.63) is 48.0 Å². The first kappa shape index (κ1) is 22.5. The topological polar surface area (TPSA) is 74.1 Å². The van der Waals surface area contributed by atoms with E-state index < -0.39 is 0 Å². The maximum atomic E-state index is 5.65. The lowest BCUT2D eigenvalue weighted by atomic mass is 10.1. The SMILES string of the molecule is C1CC2CC1O2.CCNc1ncn(CC)c2nc(C(OC)c3ccccc3)nc1-2.Cl. The van der Waals surface area contributed by atoms with Gasteiger partial charge in [-0.25, -0.2) is 15.0 Å². The van der Waals surface area contributed by atoms with Gasteiger partial charge < -0.3 is 19.4 Å². The van der Waals surface area contributed by atoms with E-state index >= 15 is 0 Å². The van der Waals surface area contributed by atoms with Gasteiger partial charge in [0.15, 0.2) is 23.2 Å². The number of aromatic nitrogens is 4. The number of methoxy groups -OCH3 is 1. The van der Waals surface area contributed by atoms with Crippen LogP contribution in [-0.2, 0) is 16.0 Å². The Kier molecular flexibility index (Phi) is 7.64. The number of fused-ring (bicyclic) bond motifs is 2. The van der Waals surface area contributed by atoms with Gasteiger partial charge in [-0.05, 0) is 38.7 Å². The van der Waals surface area contributed by atoms with Crippen LogP contribution in [0.4, 0.5) is 5.82 Å². The number of hydrogen-bond acceptors (Lipinski definition) is 6. The van der Waals surface area contributed by atoms with Crippen molar-refractivity contribution in [2.75, 3.05) is 19.0 Å². The van der Waals surface area contributed by atoms with Gasteiger partial charge in [0.1, 0.15) is 6.10 Å². The van der Waals surface area contributed by atoms with Crippen LogP contribution in [0.1, 0.15) is 50.6 Å². The molecule has 0 aromatic heterocycles. The average molecular weight is 432 g/mol. The predicted molar refractivity (Wildman–Crippen MR) is 119 cm³/mol. The molecule has 8 heteroatoms. The minimum absolute atomic E-state index is 0. The van der Waals surface area contributed by atoms with Crippen molar-refractivity contribution < 1.29 is 9.47 Å². The van der Waals surface area contributed by atoms with Crippen LogP contribution in [0.3, 0.4) is 0 Å². The van der Waals surface area contributed by atoms with Gasteiger partial charge in [-0.15, -0.1) is 12.4 Å². The van der Waals surface area contributed by atoms with Crippen LogP contribution in [-0.4, -0.2) is 45.4 Å². The Labute approximate surface area is 184 Å². The Balaban J connectivity index is 0.000000309. The Morgan fingerprint density at radius 3 is 2.40 bits per heavy atom. The van der Waals surface area contributed by atoms with Crippen LogP contribution >= 0.6 is 12.4 Å². The minimum atomic E-state index is -0.289. The Morgan fingerprint density at radius 1 is 1.17 bits per heavy atom. The number of benzene rings is 1. The van der Waals surface area contributed by atoms with Gasteiger partial charge in [0.05, 0.1) is 18.5 Å². The molecule has 3 unspecified atom stereocenters. The quantitative estimate of drug-likeness (QED) is 0.626. The number of halogens is 1. The molecular formula is C22H30ClN5O2. The van der Waals surface area contributed by atoms with Crippen molar-refractivity contribution in [1.82, 2.24) is 19.5 Å². The van der Waals surface area contributed by atoms with E-state index in [0.29, 0.717) is 18.0 Å². The lowest BCUT2D eigenvalue weighted by Gasteiger charge is -2.23. The second-order valence-corrected chi connectivity index (χ2v) is 7.38. The van der Waals surface area contributed by atoms with Crippen LogP contribution in [0.25, 0.3) is 11.5 Å². The molecule has 3 atom stereocenters. The van der Waals surface area contributed by atoms with Gasteiger partial charge in [0, 0.05) is 20.2 Å². The van der Waals surface area contributed by atoms with Gasteiger partial charge in [-0.2, -0.15) is 0 Å². The zero-order valence-electron chi connectivity index (χ0n) is 17.7.